The number of hydrogen-bond acceptors (Lipinski definition) is 4. The molecular weight excluding hydrogens is 346 g/mol. The fourth-order valence-electron chi connectivity index (χ4n) is 2.67. The minimum Gasteiger partial charge on any atom is -0.319 e. The maximum Gasteiger partial charge on any atom is 0.323 e. The molecule has 0 aliphatic rings. The largest absolute Gasteiger partial charge is 0.323 e. The number of thiophene rings is 1. The number of nitrogens with zero attached hydrogens (tertiary/aromatic N) is 4. The lowest BCUT2D eigenvalue weighted by Gasteiger charge is -2.24. The molecular formula is C19H23N5OS. The Labute approximate surface area is 157 Å². The molecule has 0 saturated carbocycles. The summed E-state index contributed by atoms with van der Waals surface area (Å²) >= 11 is 1.66. The van der Waals surface area contributed by atoms with Gasteiger partial charge in [0.1, 0.15) is 5.82 Å². The molecule has 0 unspecified atom stereocenters. The van der Waals surface area contributed by atoms with Crippen molar-refractivity contribution in [1.29, 1.82) is 0 Å². The lowest BCUT2D eigenvalue weighted by molar-refractivity contribution is 0.202. The lowest BCUT2D eigenvalue weighted by Crippen LogP contribution is -2.37. The zero-order valence-corrected chi connectivity index (χ0v) is 15.8. The predicted octanol–water partition coefficient (Wildman–Crippen LogP) is 4.08. The van der Waals surface area contributed by atoms with E-state index in [1.54, 1.807) is 34.6 Å². The number of carbonyl (C=O) groups is 1. The summed E-state index contributed by atoms with van der Waals surface area (Å²) < 4.78 is 1.77. The predicted molar refractivity (Wildman–Crippen MR) is 104 cm³/mol. The van der Waals surface area contributed by atoms with Crippen LogP contribution in [0, 0.1) is 5.92 Å². The molecule has 6 nitrogen and oxygen atoms in total. The van der Waals surface area contributed by atoms with Gasteiger partial charge in [-0.15, -0.1) is 11.3 Å². The van der Waals surface area contributed by atoms with E-state index < -0.39 is 0 Å². The van der Waals surface area contributed by atoms with Crippen LogP contribution in [-0.4, -0.2) is 32.2 Å². The number of rotatable bonds is 7. The van der Waals surface area contributed by atoms with E-state index in [1.165, 1.54) is 4.88 Å². The summed E-state index contributed by atoms with van der Waals surface area (Å²) in [5.74, 6) is 1.07. The van der Waals surface area contributed by atoms with E-state index in [0.717, 1.165) is 5.56 Å². The van der Waals surface area contributed by atoms with Crippen molar-refractivity contribution in [2.24, 2.45) is 5.92 Å². The number of amides is 2. The minimum absolute atomic E-state index is 0.111. The monoisotopic (exact) mass is 369 g/mol. The van der Waals surface area contributed by atoms with Gasteiger partial charge in [0.05, 0.1) is 19.3 Å². The van der Waals surface area contributed by atoms with Crippen molar-refractivity contribution in [2.75, 3.05) is 11.9 Å². The van der Waals surface area contributed by atoms with Crippen LogP contribution in [0.5, 0.6) is 0 Å². The first-order valence-electron chi connectivity index (χ1n) is 8.61. The Hall–Kier alpha value is -2.67. The van der Waals surface area contributed by atoms with Crippen LogP contribution >= 0.6 is 11.3 Å². The number of nitrogens with one attached hydrogen (secondary N) is 1. The molecule has 0 atom stereocenters. The average Bonchev–Trinajstić information content (AvgIpc) is 3.27. The van der Waals surface area contributed by atoms with E-state index in [9.17, 15) is 4.79 Å². The van der Waals surface area contributed by atoms with E-state index in [0.29, 0.717) is 31.4 Å². The molecule has 3 aromatic rings. The summed E-state index contributed by atoms with van der Waals surface area (Å²) in [6.45, 7) is 6.09. The van der Waals surface area contributed by atoms with Crippen molar-refractivity contribution in [1.82, 2.24) is 19.7 Å². The molecule has 0 spiro atoms. The topological polar surface area (TPSA) is 63.1 Å². The second-order valence-corrected chi connectivity index (χ2v) is 7.55. The summed E-state index contributed by atoms with van der Waals surface area (Å²) in [4.78, 5) is 20.0. The van der Waals surface area contributed by atoms with Crippen molar-refractivity contribution in [3.05, 3.63) is 64.7 Å². The summed E-state index contributed by atoms with van der Waals surface area (Å²) in [5, 5.41) is 9.35. The van der Waals surface area contributed by atoms with Gasteiger partial charge in [0, 0.05) is 29.9 Å². The van der Waals surface area contributed by atoms with Crippen LogP contribution in [0.15, 0.2) is 54.3 Å². The molecule has 0 aliphatic carbocycles. The summed E-state index contributed by atoms with van der Waals surface area (Å²) in [7, 11) is 0. The third-order valence-corrected chi connectivity index (χ3v) is 4.67. The minimum atomic E-state index is -0.111. The molecule has 2 amide bonds. The Morgan fingerprint density at radius 1 is 1.27 bits per heavy atom. The second kappa shape index (κ2) is 8.62. The molecule has 1 N–H and O–H groups in total. The molecule has 3 heterocycles. The van der Waals surface area contributed by atoms with Gasteiger partial charge in [-0.3, -0.25) is 10.3 Å². The molecule has 7 heteroatoms. The number of pyridine rings is 1. The molecule has 136 valence electrons. The quantitative estimate of drug-likeness (QED) is 0.682. The Morgan fingerprint density at radius 2 is 2.15 bits per heavy atom. The number of hydrogen-bond donors (Lipinski definition) is 1. The Morgan fingerprint density at radius 3 is 2.85 bits per heavy atom. The number of urea groups is 1. The van der Waals surface area contributed by atoms with E-state index in [-0.39, 0.29) is 6.03 Å². The zero-order chi connectivity index (χ0) is 18.4. The fourth-order valence-corrected chi connectivity index (χ4v) is 3.39. The van der Waals surface area contributed by atoms with Gasteiger partial charge in [-0.25, -0.2) is 9.48 Å². The number of anilines is 1. The normalized spacial score (nSPS) is 10.9. The Bertz CT molecular complexity index is 814. The van der Waals surface area contributed by atoms with E-state index in [1.807, 2.05) is 34.5 Å². The van der Waals surface area contributed by atoms with Crippen molar-refractivity contribution in [2.45, 2.75) is 26.9 Å². The smallest absolute Gasteiger partial charge is 0.319 e. The molecule has 0 bridgehead atoms. The first-order valence-corrected chi connectivity index (χ1v) is 9.49. The van der Waals surface area contributed by atoms with Crippen molar-refractivity contribution >= 4 is 23.2 Å². The molecule has 0 aromatic carbocycles. The van der Waals surface area contributed by atoms with Crippen LogP contribution in [0.4, 0.5) is 10.6 Å². The highest BCUT2D eigenvalue weighted by Gasteiger charge is 2.17. The summed E-state index contributed by atoms with van der Waals surface area (Å²) in [5.41, 5.74) is 1.03. The Balaban J connectivity index is 1.70. The molecule has 0 radical (unpaired) electrons. The molecule has 26 heavy (non-hydrogen) atoms. The van der Waals surface area contributed by atoms with Gasteiger partial charge in [0.25, 0.3) is 0 Å². The van der Waals surface area contributed by atoms with Gasteiger partial charge in [-0.05, 0) is 29.0 Å². The Kier molecular flexibility index (Phi) is 6.01. The molecule has 3 aromatic heterocycles. The van der Waals surface area contributed by atoms with Crippen LogP contribution in [0.2, 0.25) is 0 Å². The molecule has 0 saturated heterocycles. The summed E-state index contributed by atoms with van der Waals surface area (Å²) in [6.07, 6.45) is 5.23. The second-order valence-electron chi connectivity index (χ2n) is 6.52. The first-order chi connectivity index (χ1) is 12.6. The van der Waals surface area contributed by atoms with Crippen LogP contribution in [0.25, 0.3) is 0 Å². The van der Waals surface area contributed by atoms with Crippen LogP contribution in [0.3, 0.4) is 0 Å². The van der Waals surface area contributed by atoms with Crippen LogP contribution < -0.4 is 5.32 Å². The third-order valence-electron chi connectivity index (χ3n) is 3.81. The van der Waals surface area contributed by atoms with Gasteiger partial charge >= 0.3 is 6.03 Å². The van der Waals surface area contributed by atoms with E-state index in [2.05, 4.69) is 35.3 Å². The molecule has 0 fully saturated rings. The zero-order valence-electron chi connectivity index (χ0n) is 15.0. The van der Waals surface area contributed by atoms with Crippen molar-refractivity contribution in [3.63, 3.8) is 0 Å². The lowest BCUT2D eigenvalue weighted by atomic mass is 10.2. The van der Waals surface area contributed by atoms with Crippen LogP contribution in [0.1, 0.15) is 24.3 Å². The average molecular weight is 369 g/mol. The van der Waals surface area contributed by atoms with Gasteiger partial charge in [0.15, 0.2) is 0 Å². The third kappa shape index (κ3) is 4.92. The summed E-state index contributed by atoms with van der Waals surface area (Å²) in [6, 6.07) is 9.64. The standard InChI is InChI=1S/C19H23N5OS/c1-15(2)12-23(14-17-6-4-10-26-17)19(25)22-18-7-9-21-24(18)13-16-5-3-8-20-11-16/h3-11,15H,12-14H2,1-2H3,(H,22,25). The molecule has 3 rings (SSSR count). The maximum atomic E-state index is 12.8. The van der Waals surface area contributed by atoms with E-state index >= 15 is 0 Å². The van der Waals surface area contributed by atoms with Crippen LogP contribution in [-0.2, 0) is 13.1 Å². The van der Waals surface area contributed by atoms with Gasteiger partial charge in [-0.1, -0.05) is 26.0 Å². The SMILES string of the molecule is CC(C)CN(Cc1cccs1)C(=O)Nc1ccnn1Cc1cccnc1. The maximum absolute atomic E-state index is 12.8. The molecule has 0 aliphatic heterocycles. The van der Waals surface area contributed by atoms with Gasteiger partial charge < -0.3 is 4.90 Å². The fraction of sp³-hybridized carbons (Fsp3) is 0.316. The number of aromatic nitrogens is 3. The highest BCUT2D eigenvalue weighted by molar-refractivity contribution is 7.09. The van der Waals surface area contributed by atoms with Crippen molar-refractivity contribution < 1.29 is 4.79 Å². The number of carbonyl (C=O) groups excluding carboxylic acids is 1. The first kappa shape index (κ1) is 18.1. The van der Waals surface area contributed by atoms with Gasteiger partial charge in [0.2, 0.25) is 0 Å². The highest BCUT2D eigenvalue weighted by atomic mass is 32.1. The van der Waals surface area contributed by atoms with E-state index in [4.69, 9.17) is 0 Å². The highest BCUT2D eigenvalue weighted by Crippen LogP contribution is 2.16. The van der Waals surface area contributed by atoms with Crippen molar-refractivity contribution in [3.8, 4) is 0 Å². The van der Waals surface area contributed by atoms with Gasteiger partial charge in [-0.2, -0.15) is 5.10 Å².